The zero-order valence-electron chi connectivity index (χ0n) is 55.2. The maximum atomic E-state index is 13.5. The van der Waals surface area contributed by atoms with E-state index in [4.69, 9.17) is 84.0 Å². The van der Waals surface area contributed by atoms with Crippen molar-refractivity contribution in [2.24, 2.45) is 0 Å². The number of carbonyl (C=O) groups is 8. The molecule has 108 heavy (non-hydrogen) atoms. The summed E-state index contributed by atoms with van der Waals surface area (Å²) in [5.74, 6) is -10.7. The Morgan fingerprint density at radius 1 is 0.463 bits per heavy atom. The second kappa shape index (κ2) is 42.2. The van der Waals surface area contributed by atoms with Crippen molar-refractivity contribution in [2.45, 2.75) is 81.1 Å². The van der Waals surface area contributed by atoms with Crippen LogP contribution in [0.5, 0.6) is 23.0 Å². The lowest BCUT2D eigenvalue weighted by Gasteiger charge is -2.28. The van der Waals surface area contributed by atoms with E-state index in [9.17, 15) is 91.4 Å². The van der Waals surface area contributed by atoms with Crippen LogP contribution in [0.4, 0.5) is 69.7 Å². The number of hydrogen-bond acceptors (Lipinski definition) is 18. The van der Waals surface area contributed by atoms with Gasteiger partial charge in [-0.1, -0.05) is 57.2 Å². The SMILES string of the molecule is BrC1CCC1.CC(=O)O.COC(=O)c1ccc(N)cc1.COC(=O)c1ccc(NC(=O)c2cc(Cl)c(O)c(C(F)(F)F)c2)cc1.COC(=O)c1ccc(NC(=O)c2cc(Cl)c(OC3CCC3)c(C(F)(F)F)c2)cc1.O=C(O)c1cc(Cl)c(O)c(C(F)(F)F)c1.O=C(O)c1ccc(O)c(C(F)(F)F)c1.O=S(=O)(Cl)Cl. The zero-order valence-corrected chi connectivity index (χ0v) is 61.4. The van der Waals surface area contributed by atoms with Crippen LogP contribution in [-0.4, -0.2) is 119 Å². The van der Waals surface area contributed by atoms with Crippen molar-refractivity contribution < 1.29 is 149 Å². The zero-order chi connectivity index (χ0) is 82.7. The predicted molar refractivity (Wildman–Crippen MR) is 372 cm³/mol. The van der Waals surface area contributed by atoms with Crippen molar-refractivity contribution in [3.05, 3.63) is 204 Å². The van der Waals surface area contributed by atoms with Crippen molar-refractivity contribution in [3.8, 4) is 23.0 Å². The molecule has 2 aliphatic rings. The number of methoxy groups -OCH3 is 3. The average molecular weight is 1730 g/mol. The van der Waals surface area contributed by atoms with Crippen molar-refractivity contribution >= 4 is 145 Å². The van der Waals surface area contributed by atoms with Gasteiger partial charge in [0.1, 0.15) is 17.2 Å². The molecule has 10 N–H and O–H groups in total. The number of aromatic carboxylic acids is 2. The van der Waals surface area contributed by atoms with E-state index in [1.54, 1.807) is 24.3 Å². The number of esters is 3. The number of halogens is 18. The summed E-state index contributed by atoms with van der Waals surface area (Å²) in [4.78, 5) is 88.8. The van der Waals surface area contributed by atoms with E-state index in [-0.39, 0.29) is 45.0 Å². The third-order valence-corrected chi connectivity index (χ3v) is 15.0. The van der Waals surface area contributed by atoms with Crippen LogP contribution in [0.15, 0.2) is 127 Å². The molecule has 42 heteroatoms. The smallest absolute Gasteiger partial charge is 0.420 e. The molecule has 2 amide bonds. The molecule has 0 aromatic heterocycles. The summed E-state index contributed by atoms with van der Waals surface area (Å²) in [6.45, 7) is 1.08. The maximum Gasteiger partial charge on any atom is 0.420 e. The molecule has 0 bridgehead atoms. The van der Waals surface area contributed by atoms with Crippen molar-refractivity contribution in [2.75, 3.05) is 37.7 Å². The second-order valence-electron chi connectivity index (χ2n) is 21.1. The first kappa shape index (κ1) is 94.4. The van der Waals surface area contributed by atoms with Gasteiger partial charge in [-0.25, -0.2) is 24.0 Å². The number of nitrogen functional groups attached to an aromatic ring is 1. The molecular weight excluding hydrogens is 1670 g/mol. The highest BCUT2D eigenvalue weighted by atomic mass is 79.9. The number of carboxylic acids is 3. The van der Waals surface area contributed by atoms with Crippen LogP contribution in [0, 0.1) is 0 Å². The number of benzene rings is 7. The quantitative estimate of drug-likeness (QED) is 0.0145. The number of hydrogen-bond donors (Lipinski definition) is 9. The minimum absolute atomic E-state index is 0.243. The average Bonchev–Trinajstić information content (AvgIpc) is 0.796. The van der Waals surface area contributed by atoms with E-state index in [2.05, 4.69) is 62.1 Å². The lowest BCUT2D eigenvalue weighted by molar-refractivity contribution is -0.140. The predicted octanol–water partition coefficient (Wildman–Crippen LogP) is 18.1. The minimum atomic E-state index is -4.87. The van der Waals surface area contributed by atoms with Crippen LogP contribution in [-0.2, 0) is 52.0 Å². The Balaban J connectivity index is 0.000000453. The number of nitrogens with two attached hydrogens (primary N) is 1. The normalized spacial score (nSPS) is 12.3. The molecule has 7 aromatic rings. The van der Waals surface area contributed by atoms with E-state index in [1.807, 2.05) is 0 Å². The van der Waals surface area contributed by atoms with Crippen LogP contribution in [0.1, 0.15) is 140 Å². The number of anilines is 3. The number of ether oxygens (including phenoxy) is 4. The summed E-state index contributed by atoms with van der Waals surface area (Å²) in [7, 11) is 8.61. The summed E-state index contributed by atoms with van der Waals surface area (Å²) in [5.41, 5.74) is 0.501. The number of carboxylic acid groups (broad SMARTS) is 3. The van der Waals surface area contributed by atoms with E-state index in [0.717, 1.165) is 48.5 Å². The highest BCUT2D eigenvalue weighted by molar-refractivity contribution is 9.09. The summed E-state index contributed by atoms with van der Waals surface area (Å²) in [6, 6.07) is 24.2. The standard InChI is InChI=1S/C20H17ClF3NO4.C16H11ClF3NO4.C8H4ClF3O3.C8H5F3O3.C8H9NO2.C4H7Br.C2H4O2.Cl2O2S/c1-28-19(27)11-5-7-13(8-6-11)25-18(26)12-9-15(20(22,23)24)17(16(21)10-12)29-14-3-2-4-14;1-25-15(24)8-2-4-10(5-3-8)21-14(23)9-6-11(16(18,19)20)13(22)12(17)7-9;9-5-2-3(7(14)15)1-4(6(5)13)8(10,11)12;9-8(10,11)5-3-4(7(13)14)1-2-6(5)12;1-11-8(10)6-2-4-7(9)5-3-6;5-4-2-1-3-4;1-2(3)4;1-5(2,3)4/h5-10,14H,2-4H2,1H3,(H,25,26);2-7,22H,1H3,(H,21,23);1-2,13H,(H,14,15);1-3,12H,(H,13,14);2-5H,9H2,1H3;4H,1-3H2;1H3,(H,3,4);. The fourth-order valence-corrected chi connectivity index (χ4v) is 8.96. The van der Waals surface area contributed by atoms with Crippen LogP contribution in [0.3, 0.4) is 0 Å². The number of phenolic OH excluding ortho intramolecular Hbond substituents is 3. The molecule has 0 aliphatic heterocycles. The minimum Gasteiger partial charge on any atom is -0.507 e. The molecule has 588 valence electrons. The number of aromatic hydroxyl groups is 3. The number of alkyl halides is 13. The molecule has 9 rings (SSSR count). The lowest BCUT2D eigenvalue weighted by Crippen LogP contribution is -2.26. The molecule has 0 unspecified atom stereocenters. The van der Waals surface area contributed by atoms with Crippen LogP contribution >= 0.6 is 72.1 Å². The summed E-state index contributed by atoms with van der Waals surface area (Å²) in [6.07, 6.45) is -13.0. The molecule has 0 radical (unpaired) electrons. The molecule has 0 saturated heterocycles. The molecule has 0 heterocycles. The van der Waals surface area contributed by atoms with Crippen LogP contribution in [0.25, 0.3) is 0 Å². The van der Waals surface area contributed by atoms with Crippen molar-refractivity contribution in [1.29, 1.82) is 0 Å². The number of nitrogens with one attached hydrogen (secondary N) is 2. The molecule has 0 spiro atoms. The van der Waals surface area contributed by atoms with Crippen molar-refractivity contribution in [3.63, 3.8) is 0 Å². The molecule has 23 nitrogen and oxygen atoms in total. The number of carbonyl (C=O) groups excluding carboxylic acids is 5. The van der Waals surface area contributed by atoms with Gasteiger partial charge in [0.25, 0.3) is 17.8 Å². The topological polar surface area (TPSA) is 379 Å². The highest BCUT2D eigenvalue weighted by Crippen LogP contribution is 2.45. The Hall–Kier alpha value is -9.66. The number of aliphatic carboxylic acids is 1. The first-order valence-electron chi connectivity index (χ1n) is 29.3. The summed E-state index contributed by atoms with van der Waals surface area (Å²) < 4.78 is 190. The van der Waals surface area contributed by atoms with Gasteiger partial charge in [0.2, 0.25) is 0 Å². The number of phenols is 3. The van der Waals surface area contributed by atoms with E-state index in [0.29, 0.717) is 54.0 Å². The highest BCUT2D eigenvalue weighted by Gasteiger charge is 2.40. The van der Waals surface area contributed by atoms with Gasteiger partial charge in [0.15, 0.2) is 5.75 Å². The van der Waals surface area contributed by atoms with Gasteiger partial charge in [0, 0.05) is 61.3 Å². The van der Waals surface area contributed by atoms with Gasteiger partial charge in [-0.15, -0.1) is 0 Å². The van der Waals surface area contributed by atoms with Gasteiger partial charge in [-0.05, 0) is 159 Å². The molecule has 2 aliphatic carbocycles. The van der Waals surface area contributed by atoms with Gasteiger partial charge >= 0.3 is 62.8 Å². The van der Waals surface area contributed by atoms with E-state index < -0.39 is 141 Å². The number of rotatable bonds is 11. The van der Waals surface area contributed by atoms with Gasteiger partial charge < -0.3 is 66.0 Å². The Labute approximate surface area is 636 Å². The summed E-state index contributed by atoms with van der Waals surface area (Å²) in [5, 5.41) is 54.9. The van der Waals surface area contributed by atoms with Crippen LogP contribution in [0.2, 0.25) is 15.1 Å². The second-order valence-corrected chi connectivity index (χ2v) is 27.3. The monoisotopic (exact) mass is 1730 g/mol. The molecular formula is C66H57BrCl5F12N3O20S. The molecule has 0 atom stereocenters. The first-order valence-corrected chi connectivity index (χ1v) is 34.5. The maximum absolute atomic E-state index is 13.5. The molecule has 2 saturated carbocycles. The van der Waals surface area contributed by atoms with Gasteiger partial charge in [-0.3, -0.25) is 14.4 Å². The van der Waals surface area contributed by atoms with Crippen molar-refractivity contribution in [1.82, 2.24) is 0 Å². The number of amides is 2. The Kier molecular flexibility index (Phi) is 36.9. The Bertz CT molecular complexity index is 4410. The molecule has 2 fully saturated rings. The fourth-order valence-electron chi connectivity index (χ4n) is 7.61. The first-order chi connectivity index (χ1) is 49.7. The van der Waals surface area contributed by atoms with Crippen LogP contribution < -0.4 is 21.1 Å². The van der Waals surface area contributed by atoms with E-state index in [1.165, 1.54) is 89.1 Å². The third-order valence-electron chi connectivity index (χ3n) is 13.2. The summed E-state index contributed by atoms with van der Waals surface area (Å²) >= 11 is 20.3. The Morgan fingerprint density at radius 3 is 1.05 bits per heavy atom. The fraction of sp³-hybridized carbons (Fsp3) is 0.242. The largest absolute Gasteiger partial charge is 0.507 e. The lowest BCUT2D eigenvalue weighted by atomic mass is 9.96. The van der Waals surface area contributed by atoms with Gasteiger partial charge in [-0.2, -0.15) is 61.1 Å². The third kappa shape index (κ3) is 32.8. The van der Waals surface area contributed by atoms with E-state index >= 15 is 0 Å². The Morgan fingerprint density at radius 2 is 0.750 bits per heavy atom. The van der Waals surface area contributed by atoms with Gasteiger partial charge in [0.05, 0.1) is 92.6 Å². The molecule has 7 aromatic carbocycles.